The van der Waals surface area contributed by atoms with Gasteiger partial charge in [-0.05, 0) is 24.7 Å². The van der Waals surface area contributed by atoms with Gasteiger partial charge in [-0.1, -0.05) is 6.92 Å². The summed E-state index contributed by atoms with van der Waals surface area (Å²) >= 11 is 0. The average molecular weight is 277 g/mol. The van der Waals surface area contributed by atoms with Gasteiger partial charge in [0, 0.05) is 6.54 Å². The van der Waals surface area contributed by atoms with Crippen LogP contribution in [0, 0.1) is 5.41 Å². The minimum Gasteiger partial charge on any atom is -0.481 e. The van der Waals surface area contributed by atoms with E-state index in [1.165, 1.54) is 0 Å². The maximum Gasteiger partial charge on any atom is 0.303 e. The van der Waals surface area contributed by atoms with Gasteiger partial charge in [-0.3, -0.25) is 9.59 Å². The van der Waals surface area contributed by atoms with Crippen LogP contribution < -0.4 is 5.32 Å². The molecule has 1 rings (SSSR count). The van der Waals surface area contributed by atoms with Crippen molar-refractivity contribution in [1.29, 1.82) is 0 Å². The fraction of sp³-hybridized carbons (Fsp3) is 0.818. The second-order valence-electron chi connectivity index (χ2n) is 4.95. The summed E-state index contributed by atoms with van der Waals surface area (Å²) in [5.74, 6) is -2.25. The lowest BCUT2D eigenvalue weighted by Gasteiger charge is -2.12. The molecule has 104 valence electrons. The molecule has 1 saturated carbocycles. The van der Waals surface area contributed by atoms with Gasteiger partial charge < -0.3 is 10.4 Å². The van der Waals surface area contributed by atoms with E-state index in [1.54, 1.807) is 0 Å². The number of carboxylic acids is 1. The smallest absolute Gasteiger partial charge is 0.303 e. The number of carbonyl (C=O) groups excluding carboxylic acids is 1. The summed E-state index contributed by atoms with van der Waals surface area (Å²) in [5.41, 5.74) is -0.629. The van der Waals surface area contributed by atoms with Gasteiger partial charge in [-0.25, -0.2) is 8.42 Å². The Hall–Kier alpha value is -1.11. The summed E-state index contributed by atoms with van der Waals surface area (Å²) in [6, 6.07) is 0. The van der Waals surface area contributed by atoms with Gasteiger partial charge in [-0.2, -0.15) is 0 Å². The van der Waals surface area contributed by atoms with Crippen LogP contribution in [0.2, 0.25) is 0 Å². The Bertz CT molecular complexity index is 425. The van der Waals surface area contributed by atoms with Crippen molar-refractivity contribution in [2.24, 2.45) is 5.41 Å². The molecular formula is C11H19NO5S. The highest BCUT2D eigenvalue weighted by atomic mass is 32.2. The molecular weight excluding hydrogens is 258 g/mol. The highest BCUT2D eigenvalue weighted by Gasteiger charge is 2.47. The number of amides is 1. The van der Waals surface area contributed by atoms with E-state index >= 15 is 0 Å². The lowest BCUT2D eigenvalue weighted by Crippen LogP contribution is -2.33. The second-order valence-corrected chi connectivity index (χ2v) is 7.02. The molecule has 18 heavy (non-hydrogen) atoms. The molecule has 0 atom stereocenters. The number of aliphatic carboxylic acids is 1. The van der Waals surface area contributed by atoms with Crippen molar-refractivity contribution in [3.8, 4) is 0 Å². The van der Waals surface area contributed by atoms with E-state index in [0.29, 0.717) is 19.4 Å². The van der Waals surface area contributed by atoms with Crippen LogP contribution in [-0.4, -0.2) is 43.5 Å². The maximum absolute atomic E-state index is 11.8. The zero-order valence-corrected chi connectivity index (χ0v) is 11.3. The quantitative estimate of drug-likeness (QED) is 0.659. The molecule has 0 unspecified atom stereocenters. The van der Waals surface area contributed by atoms with Gasteiger partial charge in [0.25, 0.3) is 0 Å². The third-order valence-electron chi connectivity index (χ3n) is 2.93. The van der Waals surface area contributed by atoms with Crippen molar-refractivity contribution in [3.05, 3.63) is 0 Å². The van der Waals surface area contributed by atoms with E-state index in [-0.39, 0.29) is 12.2 Å². The van der Waals surface area contributed by atoms with Crippen LogP contribution in [-0.2, 0) is 19.4 Å². The minimum atomic E-state index is -3.53. The number of hydrogen-bond donors (Lipinski definition) is 2. The molecule has 0 aromatic heterocycles. The van der Waals surface area contributed by atoms with Crippen LogP contribution in [0.5, 0.6) is 0 Å². The minimum absolute atomic E-state index is 0.136. The zero-order valence-electron chi connectivity index (χ0n) is 10.4. The van der Waals surface area contributed by atoms with Crippen LogP contribution in [0.3, 0.4) is 0 Å². The Morgan fingerprint density at radius 2 is 1.94 bits per heavy atom. The highest BCUT2D eigenvalue weighted by molar-refractivity contribution is 7.92. The third kappa shape index (κ3) is 5.03. The summed E-state index contributed by atoms with van der Waals surface area (Å²) in [6.45, 7) is 2.33. The number of hydrogen-bond acceptors (Lipinski definition) is 4. The van der Waals surface area contributed by atoms with Gasteiger partial charge in [0.2, 0.25) is 5.91 Å². The third-order valence-corrected chi connectivity index (χ3v) is 4.69. The molecule has 0 aliphatic heterocycles. The van der Waals surface area contributed by atoms with E-state index < -0.39 is 32.9 Å². The first-order valence-electron chi connectivity index (χ1n) is 5.97. The molecule has 1 aliphatic carbocycles. The maximum atomic E-state index is 11.8. The zero-order chi connectivity index (χ0) is 13.8. The highest BCUT2D eigenvalue weighted by Crippen LogP contribution is 2.49. The first kappa shape index (κ1) is 14.9. The molecule has 0 saturated heterocycles. The summed E-state index contributed by atoms with van der Waals surface area (Å²) < 4.78 is 23.6. The SMILES string of the molecule is CCCNC(=O)CS(=O)(=O)CC1(CC(=O)O)CC1. The average Bonchev–Trinajstić information content (AvgIpc) is 2.91. The first-order valence-corrected chi connectivity index (χ1v) is 7.80. The van der Waals surface area contributed by atoms with Crippen LogP contribution in [0.4, 0.5) is 0 Å². The fourth-order valence-electron chi connectivity index (χ4n) is 1.90. The number of sulfone groups is 1. The number of nitrogens with one attached hydrogen (secondary N) is 1. The van der Waals surface area contributed by atoms with Crippen molar-refractivity contribution < 1.29 is 23.1 Å². The largest absolute Gasteiger partial charge is 0.481 e. The molecule has 7 heteroatoms. The molecule has 1 amide bonds. The molecule has 0 aromatic rings. The Kier molecular flexibility index (Phi) is 4.72. The number of rotatable bonds is 8. The van der Waals surface area contributed by atoms with Crippen LogP contribution in [0.15, 0.2) is 0 Å². The predicted molar refractivity (Wildman–Crippen MR) is 65.9 cm³/mol. The number of carboxylic acid groups (broad SMARTS) is 1. The van der Waals surface area contributed by atoms with Gasteiger partial charge in [0.1, 0.15) is 5.75 Å². The summed E-state index contributed by atoms with van der Waals surface area (Å²) in [5, 5.41) is 11.2. The van der Waals surface area contributed by atoms with Gasteiger partial charge in [-0.15, -0.1) is 0 Å². The monoisotopic (exact) mass is 277 g/mol. The molecule has 0 radical (unpaired) electrons. The molecule has 0 bridgehead atoms. The van der Waals surface area contributed by atoms with E-state index in [1.807, 2.05) is 6.92 Å². The van der Waals surface area contributed by atoms with Crippen molar-refractivity contribution in [3.63, 3.8) is 0 Å². The summed E-state index contributed by atoms with van der Waals surface area (Å²) in [6.07, 6.45) is 1.82. The van der Waals surface area contributed by atoms with Gasteiger partial charge in [0.05, 0.1) is 12.2 Å². The van der Waals surface area contributed by atoms with E-state index in [0.717, 1.165) is 6.42 Å². The number of carbonyl (C=O) groups is 2. The molecule has 2 N–H and O–H groups in total. The molecule has 6 nitrogen and oxygen atoms in total. The molecule has 1 fully saturated rings. The van der Waals surface area contributed by atoms with E-state index in [4.69, 9.17) is 5.11 Å². The van der Waals surface area contributed by atoms with Gasteiger partial charge >= 0.3 is 5.97 Å². The summed E-state index contributed by atoms with van der Waals surface area (Å²) in [4.78, 5) is 22.0. The normalized spacial score (nSPS) is 17.2. The van der Waals surface area contributed by atoms with Gasteiger partial charge in [0.15, 0.2) is 9.84 Å². The Balaban J connectivity index is 2.50. The predicted octanol–water partition coefficient (Wildman–Crippen LogP) is 0.182. The van der Waals surface area contributed by atoms with Crippen LogP contribution in [0.1, 0.15) is 32.6 Å². The van der Waals surface area contributed by atoms with Crippen molar-refractivity contribution in [2.45, 2.75) is 32.6 Å². The molecule has 0 heterocycles. The second kappa shape index (κ2) is 5.69. The lowest BCUT2D eigenvalue weighted by molar-refractivity contribution is -0.138. The Labute approximate surface area is 107 Å². The van der Waals surface area contributed by atoms with Crippen molar-refractivity contribution in [1.82, 2.24) is 5.32 Å². The van der Waals surface area contributed by atoms with Crippen LogP contribution >= 0.6 is 0 Å². The topological polar surface area (TPSA) is 101 Å². The first-order chi connectivity index (χ1) is 8.29. The molecule has 1 aliphatic rings. The standard InChI is InChI=1S/C11H19NO5S/c1-2-5-12-9(13)7-18(16,17)8-11(3-4-11)6-10(14)15/h2-8H2,1H3,(H,12,13)(H,14,15). The fourth-order valence-corrected chi connectivity index (χ4v) is 3.83. The van der Waals surface area contributed by atoms with E-state index in [2.05, 4.69) is 5.32 Å². The lowest BCUT2D eigenvalue weighted by atomic mass is 10.1. The molecule has 0 spiro atoms. The Morgan fingerprint density at radius 3 is 2.39 bits per heavy atom. The van der Waals surface area contributed by atoms with Crippen LogP contribution in [0.25, 0.3) is 0 Å². The van der Waals surface area contributed by atoms with Crippen molar-refractivity contribution in [2.75, 3.05) is 18.1 Å². The molecule has 0 aromatic carbocycles. The Morgan fingerprint density at radius 1 is 1.33 bits per heavy atom. The van der Waals surface area contributed by atoms with E-state index in [9.17, 15) is 18.0 Å². The summed E-state index contributed by atoms with van der Waals surface area (Å²) in [7, 11) is -3.53. The van der Waals surface area contributed by atoms with Crippen molar-refractivity contribution >= 4 is 21.7 Å².